The molecule has 0 spiro atoms. The number of hydrogen-bond acceptors (Lipinski definition) is 5. The summed E-state index contributed by atoms with van der Waals surface area (Å²) in [6.45, 7) is 4.63. The molecule has 28 heavy (non-hydrogen) atoms. The molecule has 2 amide bonds. The number of methoxy groups -OCH3 is 1. The molecular formula is C22H23NO4S. The van der Waals surface area contributed by atoms with Crippen molar-refractivity contribution in [1.29, 1.82) is 0 Å². The van der Waals surface area contributed by atoms with E-state index in [9.17, 15) is 9.59 Å². The molecule has 0 N–H and O–H groups in total. The Hall–Kier alpha value is -2.73. The Balaban J connectivity index is 1.94. The molecular weight excluding hydrogens is 374 g/mol. The van der Waals surface area contributed by atoms with E-state index in [1.165, 1.54) is 16.7 Å². The van der Waals surface area contributed by atoms with Gasteiger partial charge >= 0.3 is 0 Å². The Kier molecular flexibility index (Phi) is 6.41. The summed E-state index contributed by atoms with van der Waals surface area (Å²) in [6, 6.07) is 14.7. The van der Waals surface area contributed by atoms with Gasteiger partial charge < -0.3 is 9.47 Å². The predicted octanol–water partition coefficient (Wildman–Crippen LogP) is 4.13. The van der Waals surface area contributed by atoms with Gasteiger partial charge in [-0.3, -0.25) is 14.5 Å². The minimum atomic E-state index is -0.281. The lowest BCUT2D eigenvalue weighted by molar-refractivity contribution is -0.137. The first-order valence-corrected chi connectivity index (χ1v) is 10.2. The predicted molar refractivity (Wildman–Crippen MR) is 111 cm³/mol. The fourth-order valence-electron chi connectivity index (χ4n) is 3.12. The number of ether oxygens (including phenoxy) is 2. The molecule has 5 nitrogen and oxygen atoms in total. The number of rotatable bonds is 8. The molecule has 0 radical (unpaired) electrons. The molecule has 0 aromatic heterocycles. The first-order chi connectivity index (χ1) is 13.6. The fraction of sp³-hybridized carbons (Fsp3) is 0.273. The molecule has 6 heteroatoms. The summed E-state index contributed by atoms with van der Waals surface area (Å²) in [5.41, 5.74) is 1.97. The number of nitrogens with zero attached hydrogens (tertiary/aromatic N) is 1. The largest absolute Gasteiger partial charge is 0.496 e. The van der Waals surface area contributed by atoms with E-state index in [1.54, 1.807) is 7.11 Å². The number of imide groups is 1. The highest BCUT2D eigenvalue weighted by Gasteiger charge is 2.39. The molecule has 0 fully saturated rings. The van der Waals surface area contributed by atoms with Crippen molar-refractivity contribution in [3.05, 3.63) is 64.6 Å². The maximum atomic E-state index is 13.2. The van der Waals surface area contributed by atoms with Gasteiger partial charge in [0.15, 0.2) is 0 Å². The standard InChI is InChI=1S/C22H23NO4S/c1-4-27-17-12-10-15(11-13-17)19-20(28-5-2)22(25)23(21(19)24)14-16-8-6-7-9-18(16)26-3/h6-13H,4-5,14H2,1-3H3. The van der Waals surface area contributed by atoms with Crippen molar-refractivity contribution >= 4 is 29.1 Å². The summed E-state index contributed by atoms with van der Waals surface area (Å²) in [6.07, 6.45) is 0. The second-order valence-corrected chi connectivity index (χ2v) is 7.38. The van der Waals surface area contributed by atoms with Crippen LogP contribution in [0.1, 0.15) is 25.0 Å². The molecule has 0 saturated heterocycles. The van der Waals surface area contributed by atoms with Gasteiger partial charge in [-0.2, -0.15) is 0 Å². The van der Waals surface area contributed by atoms with Crippen molar-refractivity contribution in [2.45, 2.75) is 20.4 Å². The van der Waals surface area contributed by atoms with Gasteiger partial charge in [0.05, 0.1) is 30.7 Å². The van der Waals surface area contributed by atoms with Gasteiger partial charge in [0.25, 0.3) is 11.8 Å². The minimum Gasteiger partial charge on any atom is -0.496 e. The molecule has 0 saturated carbocycles. The zero-order chi connectivity index (χ0) is 20.1. The third kappa shape index (κ3) is 3.92. The first-order valence-electron chi connectivity index (χ1n) is 9.19. The lowest BCUT2D eigenvalue weighted by atomic mass is 10.1. The molecule has 0 unspecified atom stereocenters. The number of thioether (sulfide) groups is 1. The third-order valence-corrected chi connectivity index (χ3v) is 5.35. The van der Waals surface area contributed by atoms with Crippen LogP contribution in [0.5, 0.6) is 11.5 Å². The number of para-hydroxylation sites is 1. The maximum absolute atomic E-state index is 13.2. The number of amides is 2. The second-order valence-electron chi connectivity index (χ2n) is 6.10. The molecule has 1 aliphatic heterocycles. The number of benzene rings is 2. The molecule has 1 heterocycles. The van der Waals surface area contributed by atoms with Crippen molar-refractivity contribution in [3.63, 3.8) is 0 Å². The smallest absolute Gasteiger partial charge is 0.268 e. The summed E-state index contributed by atoms with van der Waals surface area (Å²) >= 11 is 1.40. The topological polar surface area (TPSA) is 55.8 Å². The van der Waals surface area contributed by atoms with Gasteiger partial charge in [0.2, 0.25) is 0 Å². The fourth-order valence-corrected chi connectivity index (χ4v) is 3.99. The van der Waals surface area contributed by atoms with E-state index in [4.69, 9.17) is 9.47 Å². The van der Waals surface area contributed by atoms with Gasteiger partial charge in [-0.15, -0.1) is 11.8 Å². The van der Waals surface area contributed by atoms with Gasteiger partial charge in [-0.05, 0) is 36.4 Å². The van der Waals surface area contributed by atoms with Crippen LogP contribution >= 0.6 is 11.8 Å². The Morgan fingerprint density at radius 3 is 2.32 bits per heavy atom. The van der Waals surface area contributed by atoms with Gasteiger partial charge in [0.1, 0.15) is 11.5 Å². The second kappa shape index (κ2) is 8.97. The molecule has 0 atom stereocenters. The normalized spacial score (nSPS) is 14.0. The van der Waals surface area contributed by atoms with Gasteiger partial charge in [-0.1, -0.05) is 37.3 Å². The van der Waals surface area contributed by atoms with Gasteiger partial charge in [-0.25, -0.2) is 0 Å². The Labute approximate surface area is 169 Å². The average molecular weight is 397 g/mol. The summed E-state index contributed by atoms with van der Waals surface area (Å²) < 4.78 is 10.8. The summed E-state index contributed by atoms with van der Waals surface area (Å²) in [5.74, 6) is 1.56. The Bertz CT molecular complexity index is 905. The van der Waals surface area contributed by atoms with Crippen LogP contribution < -0.4 is 9.47 Å². The van der Waals surface area contributed by atoms with E-state index < -0.39 is 0 Å². The monoisotopic (exact) mass is 397 g/mol. The lowest BCUT2D eigenvalue weighted by Crippen LogP contribution is -2.31. The van der Waals surface area contributed by atoms with Gasteiger partial charge in [0, 0.05) is 5.56 Å². The van der Waals surface area contributed by atoms with E-state index in [0.717, 1.165) is 16.9 Å². The lowest BCUT2D eigenvalue weighted by Gasteiger charge is -2.17. The first kappa shape index (κ1) is 20.0. The van der Waals surface area contributed by atoms with Crippen LogP contribution in [0, 0.1) is 0 Å². The van der Waals surface area contributed by atoms with Crippen LogP contribution in [-0.4, -0.2) is 36.2 Å². The van der Waals surface area contributed by atoms with E-state index in [-0.39, 0.29) is 18.4 Å². The van der Waals surface area contributed by atoms with Crippen LogP contribution in [0.4, 0.5) is 0 Å². The molecule has 0 aliphatic carbocycles. The summed E-state index contributed by atoms with van der Waals surface area (Å²) in [7, 11) is 1.58. The summed E-state index contributed by atoms with van der Waals surface area (Å²) in [5, 5.41) is 0. The zero-order valence-corrected chi connectivity index (χ0v) is 17.0. The van der Waals surface area contributed by atoms with Crippen molar-refractivity contribution in [1.82, 2.24) is 4.90 Å². The molecule has 0 bridgehead atoms. The zero-order valence-electron chi connectivity index (χ0n) is 16.2. The highest BCUT2D eigenvalue weighted by molar-refractivity contribution is 8.04. The van der Waals surface area contributed by atoms with Crippen molar-refractivity contribution < 1.29 is 19.1 Å². The summed E-state index contributed by atoms with van der Waals surface area (Å²) in [4.78, 5) is 28.0. The van der Waals surface area contributed by atoms with Crippen LogP contribution in [0.2, 0.25) is 0 Å². The molecule has 2 aromatic rings. The number of hydrogen-bond donors (Lipinski definition) is 0. The maximum Gasteiger partial charge on any atom is 0.268 e. The molecule has 1 aliphatic rings. The van der Waals surface area contributed by atoms with Crippen LogP contribution in [0.15, 0.2) is 53.4 Å². The van der Waals surface area contributed by atoms with Crippen LogP contribution in [0.25, 0.3) is 5.57 Å². The molecule has 2 aromatic carbocycles. The van der Waals surface area contributed by atoms with Crippen molar-refractivity contribution in [3.8, 4) is 11.5 Å². The van der Waals surface area contributed by atoms with E-state index in [0.29, 0.717) is 28.6 Å². The molecule has 3 rings (SSSR count). The van der Waals surface area contributed by atoms with Crippen LogP contribution in [0.3, 0.4) is 0 Å². The van der Waals surface area contributed by atoms with Crippen molar-refractivity contribution in [2.75, 3.05) is 19.5 Å². The number of carbonyl (C=O) groups excluding carboxylic acids is 2. The Morgan fingerprint density at radius 1 is 0.964 bits per heavy atom. The average Bonchev–Trinajstić information content (AvgIpc) is 2.94. The highest BCUT2D eigenvalue weighted by Crippen LogP contribution is 2.37. The van der Waals surface area contributed by atoms with Crippen LogP contribution in [-0.2, 0) is 16.1 Å². The Morgan fingerprint density at radius 2 is 1.68 bits per heavy atom. The van der Waals surface area contributed by atoms with E-state index >= 15 is 0 Å². The van der Waals surface area contributed by atoms with Crippen molar-refractivity contribution in [2.24, 2.45) is 0 Å². The minimum absolute atomic E-state index is 0.177. The third-order valence-electron chi connectivity index (χ3n) is 4.39. The highest BCUT2D eigenvalue weighted by atomic mass is 32.2. The van der Waals surface area contributed by atoms with E-state index in [1.807, 2.05) is 62.4 Å². The number of carbonyl (C=O) groups is 2. The molecule has 146 valence electrons. The SMILES string of the molecule is CCOc1ccc(C2=C(SCC)C(=O)N(Cc3ccccc3OC)C2=O)cc1. The van der Waals surface area contributed by atoms with E-state index in [2.05, 4.69) is 0 Å². The quantitative estimate of drug-likeness (QED) is 0.627.